The molecule has 3 rings (SSSR count). The number of nitrogens with one attached hydrogen (secondary N) is 1. The van der Waals surface area contributed by atoms with E-state index in [0.717, 1.165) is 62.0 Å². The average Bonchev–Trinajstić information content (AvgIpc) is 3.08. The zero-order valence-corrected chi connectivity index (χ0v) is 17.1. The average molecular weight is 400 g/mol. The maximum absolute atomic E-state index is 12.4. The minimum absolute atomic E-state index is 0.178. The van der Waals surface area contributed by atoms with Gasteiger partial charge in [0.2, 0.25) is 0 Å². The first kappa shape index (κ1) is 20.4. The predicted octanol–water partition coefficient (Wildman–Crippen LogP) is 1.95. The number of hydrogen-bond acceptors (Lipinski definition) is 5. The number of piperazine rings is 1. The molecule has 1 saturated heterocycles. The Labute approximate surface area is 170 Å². The summed E-state index contributed by atoms with van der Waals surface area (Å²) in [6, 6.07) is 10.0. The van der Waals surface area contributed by atoms with Crippen molar-refractivity contribution in [3.05, 3.63) is 34.7 Å². The van der Waals surface area contributed by atoms with E-state index in [0.29, 0.717) is 17.9 Å². The maximum Gasteiger partial charge on any atom is 0.286 e. The number of carbonyl (C=O) groups is 1. The van der Waals surface area contributed by atoms with Gasteiger partial charge in [-0.1, -0.05) is 31.5 Å². The van der Waals surface area contributed by atoms with Gasteiger partial charge in [0.05, 0.1) is 56.7 Å². The molecule has 7 heteroatoms. The molecule has 148 valence electrons. The molecule has 1 amide bonds. The number of thioether (sulfide) groups is 1. The van der Waals surface area contributed by atoms with Crippen molar-refractivity contribution in [3.63, 3.8) is 0 Å². The number of ether oxygens (including phenoxy) is 1. The quantitative estimate of drug-likeness (QED) is 0.561. The van der Waals surface area contributed by atoms with Crippen LogP contribution >= 0.6 is 11.8 Å². The molecule has 0 spiro atoms. The fourth-order valence-electron chi connectivity index (χ4n) is 3.23. The van der Waals surface area contributed by atoms with Crippen molar-refractivity contribution in [1.29, 1.82) is 5.26 Å². The summed E-state index contributed by atoms with van der Waals surface area (Å²) in [4.78, 5) is 21.0. The first-order chi connectivity index (χ1) is 13.7. The summed E-state index contributed by atoms with van der Waals surface area (Å²) < 4.78 is 5.87. The summed E-state index contributed by atoms with van der Waals surface area (Å²) in [6.45, 7) is 7.38. The molecule has 0 saturated carbocycles. The molecule has 1 N–H and O–H groups in total. The first-order valence-electron chi connectivity index (χ1n) is 9.91. The van der Waals surface area contributed by atoms with Gasteiger partial charge in [-0.05, 0) is 30.3 Å². The summed E-state index contributed by atoms with van der Waals surface area (Å²) >= 11 is 1.45. The second-order valence-corrected chi connectivity index (χ2v) is 7.95. The van der Waals surface area contributed by atoms with E-state index < -0.39 is 0 Å². The van der Waals surface area contributed by atoms with Crippen LogP contribution < -0.4 is 9.64 Å². The molecular formula is C21H27N4O2S+. The first-order valence-corrected chi connectivity index (χ1v) is 10.7. The molecule has 2 aliphatic heterocycles. The molecule has 0 atom stereocenters. The van der Waals surface area contributed by atoms with Gasteiger partial charge < -0.3 is 14.5 Å². The van der Waals surface area contributed by atoms with Gasteiger partial charge >= 0.3 is 0 Å². The molecule has 2 aliphatic rings. The molecular weight excluding hydrogens is 372 g/mol. The van der Waals surface area contributed by atoms with Crippen molar-refractivity contribution in [2.75, 3.05) is 39.3 Å². The van der Waals surface area contributed by atoms with E-state index in [2.05, 4.69) is 22.9 Å². The Morgan fingerprint density at radius 1 is 1.36 bits per heavy atom. The fourth-order valence-corrected chi connectivity index (χ4v) is 4.18. The number of aliphatic imine (C=N–C) groups is 1. The van der Waals surface area contributed by atoms with Crippen molar-refractivity contribution in [1.82, 2.24) is 4.90 Å². The summed E-state index contributed by atoms with van der Waals surface area (Å²) in [5, 5.41) is 9.52. The Morgan fingerprint density at radius 3 is 2.89 bits per heavy atom. The molecule has 0 aromatic heterocycles. The standard InChI is InChI=1S/C21H26N4O2S/c1-2-3-15-27-18-8-5-4-7-17(18)16-19-20(26)23-21(28-19)25-13-11-24(12-14-25)10-6-9-22/h4-5,7-8,16H,2-3,6,10-15H2,1H3/p+1/b19-16+. The molecule has 0 aliphatic carbocycles. The zero-order valence-electron chi connectivity index (χ0n) is 16.3. The van der Waals surface area contributed by atoms with Crippen LogP contribution in [0.2, 0.25) is 0 Å². The van der Waals surface area contributed by atoms with Crippen LogP contribution in [0, 0.1) is 11.3 Å². The highest BCUT2D eigenvalue weighted by Gasteiger charge is 2.29. The number of amidine groups is 1. The molecule has 2 heterocycles. The van der Waals surface area contributed by atoms with Crippen molar-refractivity contribution in [2.24, 2.45) is 4.99 Å². The summed E-state index contributed by atoms with van der Waals surface area (Å²) in [7, 11) is 0. The second kappa shape index (κ2) is 10.3. The van der Waals surface area contributed by atoms with Crippen LogP contribution in [0.4, 0.5) is 0 Å². The number of hydrogen-bond donors (Lipinski definition) is 1. The SMILES string of the molecule is CCCCOc1ccccc1/C=C1/SC(N2CC[NH+](CCC#N)CC2)=NC1=O. The number of unbranched alkanes of at least 4 members (excludes halogenated alkanes) is 1. The fraction of sp³-hybridized carbons (Fsp3) is 0.476. The van der Waals surface area contributed by atoms with E-state index in [1.54, 1.807) is 0 Å². The smallest absolute Gasteiger partial charge is 0.286 e. The van der Waals surface area contributed by atoms with Crippen molar-refractivity contribution in [3.8, 4) is 11.8 Å². The molecule has 0 unspecified atom stereocenters. The van der Waals surface area contributed by atoms with E-state index in [9.17, 15) is 4.79 Å². The lowest BCUT2D eigenvalue weighted by Crippen LogP contribution is -3.14. The second-order valence-electron chi connectivity index (χ2n) is 6.95. The lowest BCUT2D eigenvalue weighted by Gasteiger charge is -2.32. The van der Waals surface area contributed by atoms with E-state index in [1.807, 2.05) is 30.3 Å². The number of nitriles is 1. The number of carbonyl (C=O) groups excluding carboxylic acids is 1. The van der Waals surface area contributed by atoms with Gasteiger partial charge in [0.1, 0.15) is 5.75 Å². The highest BCUT2D eigenvalue weighted by Crippen LogP contribution is 2.32. The third kappa shape index (κ3) is 5.37. The minimum Gasteiger partial charge on any atom is -0.493 e. The topological polar surface area (TPSA) is 70.1 Å². The lowest BCUT2D eigenvalue weighted by atomic mass is 10.2. The molecule has 1 fully saturated rings. The van der Waals surface area contributed by atoms with Crippen molar-refractivity contribution in [2.45, 2.75) is 26.2 Å². The molecule has 1 aromatic rings. The Kier molecular flexibility index (Phi) is 7.52. The highest BCUT2D eigenvalue weighted by atomic mass is 32.2. The summed E-state index contributed by atoms with van der Waals surface area (Å²) in [5.74, 6) is 0.627. The van der Waals surface area contributed by atoms with Crippen LogP contribution in [0.5, 0.6) is 5.75 Å². The van der Waals surface area contributed by atoms with Gasteiger partial charge in [0.15, 0.2) is 5.17 Å². The highest BCUT2D eigenvalue weighted by molar-refractivity contribution is 8.18. The predicted molar refractivity (Wildman–Crippen MR) is 112 cm³/mol. The van der Waals surface area contributed by atoms with Crippen molar-refractivity contribution < 1.29 is 14.4 Å². The summed E-state index contributed by atoms with van der Waals surface area (Å²) in [6.07, 6.45) is 4.57. The Hall–Kier alpha value is -2.30. The van der Waals surface area contributed by atoms with Crippen LogP contribution in [0.15, 0.2) is 34.2 Å². The third-order valence-electron chi connectivity index (χ3n) is 4.90. The van der Waals surface area contributed by atoms with Gasteiger partial charge in [-0.2, -0.15) is 10.3 Å². The maximum atomic E-state index is 12.4. The number of rotatable bonds is 7. The van der Waals surface area contributed by atoms with Gasteiger partial charge in [0.25, 0.3) is 5.91 Å². The molecule has 28 heavy (non-hydrogen) atoms. The monoisotopic (exact) mass is 399 g/mol. The van der Waals surface area contributed by atoms with E-state index in [1.165, 1.54) is 16.7 Å². The Balaban J connectivity index is 1.62. The molecule has 6 nitrogen and oxygen atoms in total. The molecule has 0 bridgehead atoms. The number of benzene rings is 1. The molecule has 1 aromatic carbocycles. The minimum atomic E-state index is -0.178. The van der Waals surface area contributed by atoms with Gasteiger partial charge in [-0.25, -0.2) is 0 Å². The number of para-hydroxylation sites is 1. The van der Waals surface area contributed by atoms with Crippen LogP contribution in [0.25, 0.3) is 6.08 Å². The number of amides is 1. The Bertz CT molecular complexity index is 792. The number of quaternary nitrogens is 1. The normalized spacial score (nSPS) is 19.0. The van der Waals surface area contributed by atoms with E-state index in [-0.39, 0.29) is 5.91 Å². The van der Waals surface area contributed by atoms with Gasteiger partial charge in [-0.3, -0.25) is 4.79 Å². The van der Waals surface area contributed by atoms with Crippen LogP contribution in [0.3, 0.4) is 0 Å². The van der Waals surface area contributed by atoms with E-state index >= 15 is 0 Å². The van der Waals surface area contributed by atoms with Crippen LogP contribution in [0.1, 0.15) is 31.7 Å². The van der Waals surface area contributed by atoms with Gasteiger partial charge in [0, 0.05) is 5.56 Å². The largest absolute Gasteiger partial charge is 0.493 e. The number of nitrogens with zero attached hydrogens (tertiary/aromatic N) is 3. The lowest BCUT2D eigenvalue weighted by molar-refractivity contribution is -0.903. The summed E-state index contributed by atoms with van der Waals surface area (Å²) in [5.41, 5.74) is 0.914. The van der Waals surface area contributed by atoms with Crippen molar-refractivity contribution >= 4 is 28.9 Å². The van der Waals surface area contributed by atoms with Crippen LogP contribution in [-0.4, -0.2) is 55.3 Å². The van der Waals surface area contributed by atoms with Gasteiger partial charge in [-0.15, -0.1) is 0 Å². The third-order valence-corrected chi connectivity index (χ3v) is 5.95. The zero-order chi connectivity index (χ0) is 19.8. The van der Waals surface area contributed by atoms with E-state index in [4.69, 9.17) is 10.00 Å². The molecule has 0 radical (unpaired) electrons. The van der Waals surface area contributed by atoms with Crippen LogP contribution in [-0.2, 0) is 4.79 Å². The Morgan fingerprint density at radius 2 is 2.14 bits per heavy atom.